The van der Waals surface area contributed by atoms with Crippen LogP contribution in [0.15, 0.2) is 35.4 Å². The number of hydrogen-bond acceptors (Lipinski definition) is 9. The maximum absolute atomic E-state index is 13.5. The van der Waals surface area contributed by atoms with E-state index in [0.29, 0.717) is 18.5 Å². The molecule has 0 aliphatic heterocycles. The Morgan fingerprint density at radius 3 is 2.51 bits per heavy atom. The standard InChI is InChI=1S/C23H20F3N7O3S/c1-12-17(19(34)31-14-5-4-6-15(9-14)37(3,28)35)21(33-32-18(12)23(24,25)26)36-20-13(2)30-16(10-29-20)22(11-27)7-8-22/h4-6,9-10,28H,7-8H2,1-3H3,(H,31,34). The van der Waals surface area contributed by atoms with E-state index in [1.165, 1.54) is 43.6 Å². The molecule has 1 atom stereocenters. The SMILES string of the molecule is Cc1nc(C2(C#N)CC2)cnc1Oc1nnc(C(F)(F)F)c(C)c1C(=O)Nc1cccc(S(C)(=N)=O)c1. The van der Waals surface area contributed by atoms with Crippen LogP contribution in [-0.2, 0) is 21.3 Å². The minimum atomic E-state index is -4.89. The van der Waals surface area contributed by atoms with Gasteiger partial charge in [0, 0.05) is 16.8 Å². The zero-order valence-corrected chi connectivity index (χ0v) is 20.6. The van der Waals surface area contributed by atoms with Crippen LogP contribution >= 0.6 is 0 Å². The van der Waals surface area contributed by atoms with Crippen molar-refractivity contribution in [3.05, 3.63) is 58.7 Å². The molecule has 1 aromatic carbocycles. The Balaban J connectivity index is 1.74. The number of anilines is 1. The Hall–Kier alpha value is -4.12. The molecule has 0 saturated heterocycles. The molecule has 2 N–H and O–H groups in total. The number of nitrogens with zero attached hydrogens (tertiary/aromatic N) is 5. The maximum atomic E-state index is 13.5. The van der Waals surface area contributed by atoms with Gasteiger partial charge in [-0.15, -0.1) is 10.2 Å². The number of alkyl halides is 3. The molecule has 1 aliphatic carbocycles. The highest BCUT2D eigenvalue weighted by molar-refractivity contribution is 7.91. The van der Waals surface area contributed by atoms with Crippen LogP contribution in [0.2, 0.25) is 0 Å². The smallest absolute Gasteiger partial charge is 0.416 e. The van der Waals surface area contributed by atoms with Gasteiger partial charge >= 0.3 is 6.18 Å². The largest absolute Gasteiger partial charge is 0.435 e. The van der Waals surface area contributed by atoms with Gasteiger partial charge in [0.2, 0.25) is 5.88 Å². The molecule has 1 unspecified atom stereocenters. The van der Waals surface area contributed by atoms with Gasteiger partial charge < -0.3 is 10.1 Å². The fourth-order valence-corrected chi connectivity index (χ4v) is 4.25. The van der Waals surface area contributed by atoms with Gasteiger partial charge in [0.25, 0.3) is 11.8 Å². The van der Waals surface area contributed by atoms with Gasteiger partial charge in [-0.05, 0) is 50.5 Å². The molecule has 192 valence electrons. The number of nitriles is 1. The van der Waals surface area contributed by atoms with Crippen LogP contribution in [-0.4, -0.2) is 36.5 Å². The minimum absolute atomic E-state index is 0.103. The van der Waals surface area contributed by atoms with E-state index in [4.69, 9.17) is 9.52 Å². The highest BCUT2D eigenvalue weighted by atomic mass is 32.2. The number of carbonyl (C=O) groups excluding carboxylic acids is 1. The van der Waals surface area contributed by atoms with E-state index < -0.39 is 49.9 Å². The average Bonchev–Trinajstić information content (AvgIpc) is 3.60. The second kappa shape index (κ2) is 9.07. The minimum Gasteiger partial charge on any atom is -0.416 e. The molecular weight excluding hydrogens is 511 g/mol. The van der Waals surface area contributed by atoms with Crippen LogP contribution in [0.25, 0.3) is 0 Å². The Labute approximate surface area is 209 Å². The molecule has 2 aromatic heterocycles. The zero-order valence-electron chi connectivity index (χ0n) is 19.8. The summed E-state index contributed by atoms with van der Waals surface area (Å²) in [6.07, 6.45) is -1.07. The number of rotatable bonds is 6. The summed E-state index contributed by atoms with van der Waals surface area (Å²) < 4.78 is 66.0. The second-order valence-corrected chi connectivity index (χ2v) is 10.8. The van der Waals surface area contributed by atoms with E-state index in [1.807, 2.05) is 0 Å². The molecule has 1 aliphatic rings. The second-order valence-electron chi connectivity index (χ2n) is 8.62. The Kier molecular flexibility index (Phi) is 6.37. The van der Waals surface area contributed by atoms with Crippen LogP contribution in [0.4, 0.5) is 18.9 Å². The number of aromatic nitrogens is 4. The van der Waals surface area contributed by atoms with Crippen molar-refractivity contribution in [3.8, 4) is 17.8 Å². The number of aryl methyl sites for hydroxylation is 1. The topological polar surface area (TPSA) is 155 Å². The molecule has 0 spiro atoms. The molecule has 14 heteroatoms. The maximum Gasteiger partial charge on any atom is 0.435 e. The molecule has 4 rings (SSSR count). The summed E-state index contributed by atoms with van der Waals surface area (Å²) in [5.74, 6) is -1.66. The molecule has 37 heavy (non-hydrogen) atoms. The number of benzene rings is 1. The van der Waals surface area contributed by atoms with Crippen molar-refractivity contribution in [3.63, 3.8) is 0 Å². The lowest BCUT2D eigenvalue weighted by molar-refractivity contribution is -0.142. The lowest BCUT2D eigenvalue weighted by Crippen LogP contribution is -2.21. The molecular formula is C23H20F3N7O3S. The molecule has 1 fully saturated rings. The third-order valence-electron chi connectivity index (χ3n) is 5.77. The van der Waals surface area contributed by atoms with Gasteiger partial charge in [0.15, 0.2) is 5.69 Å². The summed E-state index contributed by atoms with van der Waals surface area (Å²) >= 11 is 0. The number of halogens is 3. The van der Waals surface area contributed by atoms with Crippen molar-refractivity contribution >= 4 is 21.3 Å². The van der Waals surface area contributed by atoms with Crippen molar-refractivity contribution in [2.75, 3.05) is 11.6 Å². The Bertz CT molecular complexity index is 1560. The lowest BCUT2D eigenvalue weighted by atomic mass is 10.1. The van der Waals surface area contributed by atoms with Gasteiger partial charge in [-0.25, -0.2) is 19.0 Å². The van der Waals surface area contributed by atoms with E-state index in [0.717, 1.165) is 6.92 Å². The van der Waals surface area contributed by atoms with Gasteiger partial charge in [0.1, 0.15) is 16.7 Å². The molecule has 10 nitrogen and oxygen atoms in total. The van der Waals surface area contributed by atoms with Crippen molar-refractivity contribution in [2.45, 2.75) is 43.2 Å². The highest BCUT2D eigenvalue weighted by Crippen LogP contribution is 2.46. The normalized spacial score (nSPS) is 15.8. The first kappa shape index (κ1) is 26.0. The van der Waals surface area contributed by atoms with Crippen molar-refractivity contribution in [1.29, 1.82) is 10.0 Å². The van der Waals surface area contributed by atoms with Gasteiger partial charge in [-0.1, -0.05) is 6.07 Å². The third-order valence-corrected chi connectivity index (χ3v) is 6.93. The Morgan fingerprint density at radius 1 is 1.24 bits per heavy atom. The fraction of sp³-hybridized carbons (Fsp3) is 0.304. The van der Waals surface area contributed by atoms with E-state index in [2.05, 4.69) is 31.6 Å². The van der Waals surface area contributed by atoms with E-state index in [9.17, 15) is 27.4 Å². The predicted molar refractivity (Wildman–Crippen MR) is 125 cm³/mol. The number of nitrogens with one attached hydrogen (secondary N) is 2. The molecule has 1 amide bonds. The lowest BCUT2D eigenvalue weighted by Gasteiger charge is -2.16. The Morgan fingerprint density at radius 2 is 1.95 bits per heavy atom. The van der Waals surface area contributed by atoms with Crippen LogP contribution < -0.4 is 10.1 Å². The fourth-order valence-electron chi connectivity index (χ4n) is 3.56. The number of ether oxygens (including phenoxy) is 1. The highest BCUT2D eigenvalue weighted by Gasteiger charge is 2.47. The predicted octanol–water partition coefficient (Wildman–Crippen LogP) is 4.54. The van der Waals surface area contributed by atoms with Gasteiger partial charge in [-0.3, -0.25) is 4.79 Å². The summed E-state index contributed by atoms with van der Waals surface area (Å²) in [6.45, 7) is 2.60. The third kappa shape index (κ3) is 5.21. The molecule has 1 saturated carbocycles. The van der Waals surface area contributed by atoms with Crippen molar-refractivity contribution < 1.29 is 26.9 Å². The van der Waals surface area contributed by atoms with Crippen LogP contribution in [0.5, 0.6) is 11.8 Å². The number of amides is 1. The molecule has 2 heterocycles. The monoisotopic (exact) mass is 531 g/mol. The molecule has 3 aromatic rings. The van der Waals surface area contributed by atoms with Gasteiger partial charge in [-0.2, -0.15) is 18.4 Å². The van der Waals surface area contributed by atoms with Gasteiger partial charge in [0.05, 0.1) is 27.7 Å². The first-order valence-electron chi connectivity index (χ1n) is 10.8. The summed E-state index contributed by atoms with van der Waals surface area (Å²) in [4.78, 5) is 21.8. The summed E-state index contributed by atoms with van der Waals surface area (Å²) in [5.41, 5.74) is -2.36. The van der Waals surface area contributed by atoms with E-state index in [1.54, 1.807) is 0 Å². The van der Waals surface area contributed by atoms with Crippen LogP contribution in [0.3, 0.4) is 0 Å². The summed E-state index contributed by atoms with van der Waals surface area (Å²) in [6, 6.07) is 7.81. The zero-order chi connectivity index (χ0) is 27.2. The first-order valence-corrected chi connectivity index (χ1v) is 12.7. The first-order chi connectivity index (χ1) is 17.2. The number of hydrogen-bond donors (Lipinski definition) is 2. The van der Waals surface area contributed by atoms with E-state index >= 15 is 0 Å². The number of carbonyl (C=O) groups is 1. The molecule has 0 bridgehead atoms. The van der Waals surface area contributed by atoms with Crippen LogP contribution in [0.1, 0.15) is 45.8 Å². The molecule has 0 radical (unpaired) electrons. The van der Waals surface area contributed by atoms with Crippen molar-refractivity contribution in [1.82, 2.24) is 20.2 Å². The summed E-state index contributed by atoms with van der Waals surface area (Å²) in [5, 5.41) is 18.5. The van der Waals surface area contributed by atoms with Crippen molar-refractivity contribution in [2.24, 2.45) is 0 Å². The van der Waals surface area contributed by atoms with E-state index in [-0.39, 0.29) is 22.2 Å². The average molecular weight is 532 g/mol. The quantitative estimate of drug-likeness (QED) is 0.470. The summed E-state index contributed by atoms with van der Waals surface area (Å²) in [7, 11) is -3.11. The van der Waals surface area contributed by atoms with Crippen LogP contribution in [0, 0.1) is 30.0 Å².